The summed E-state index contributed by atoms with van der Waals surface area (Å²) in [6.07, 6.45) is 7.62. The van der Waals surface area contributed by atoms with E-state index in [1.54, 1.807) is 26.2 Å². The van der Waals surface area contributed by atoms with Gasteiger partial charge in [-0.2, -0.15) is 0 Å². The Kier molecular flexibility index (Phi) is 5.33. The van der Waals surface area contributed by atoms with E-state index in [-0.39, 0.29) is 29.8 Å². The van der Waals surface area contributed by atoms with Gasteiger partial charge in [0.25, 0.3) is 0 Å². The normalized spacial score (nSPS) is 45.0. The highest BCUT2D eigenvalue weighted by molar-refractivity contribution is 5.82. The molecule has 0 spiro atoms. The maximum absolute atomic E-state index is 11.8. The van der Waals surface area contributed by atoms with Crippen LogP contribution in [0.4, 0.5) is 0 Å². The molecule has 0 aromatic rings. The highest BCUT2D eigenvalue weighted by atomic mass is 16.6. The second-order valence-corrected chi connectivity index (χ2v) is 7.06. The smallest absolute Gasteiger partial charge is 0.330 e. The lowest BCUT2D eigenvalue weighted by molar-refractivity contribution is -0.144. The second kappa shape index (κ2) is 6.75. The number of esters is 1. The summed E-state index contributed by atoms with van der Waals surface area (Å²) in [5.41, 5.74) is -1.62. The number of hydrogen-bond donors (Lipinski definition) is 1. The lowest BCUT2D eigenvalue weighted by Gasteiger charge is -2.22. The molecule has 130 valence electrons. The second-order valence-electron chi connectivity index (χ2n) is 7.06. The molecule has 2 rings (SSSR count). The molecule has 0 saturated carbocycles. The van der Waals surface area contributed by atoms with Crippen molar-refractivity contribution < 1.29 is 24.1 Å². The summed E-state index contributed by atoms with van der Waals surface area (Å²) in [7, 11) is 1.63. The van der Waals surface area contributed by atoms with Gasteiger partial charge in [-0.1, -0.05) is 19.1 Å². The molecule has 0 radical (unpaired) electrons. The third-order valence-corrected chi connectivity index (χ3v) is 4.95. The molecule has 0 bridgehead atoms. The molecule has 6 unspecified atom stereocenters. The summed E-state index contributed by atoms with van der Waals surface area (Å²) >= 11 is 0. The van der Waals surface area contributed by atoms with Crippen molar-refractivity contribution in [1.29, 1.82) is 0 Å². The molecular formula is C18H28O5. The molecular weight excluding hydrogens is 296 g/mol. The van der Waals surface area contributed by atoms with Crippen molar-refractivity contribution in [2.24, 2.45) is 5.92 Å². The zero-order chi connectivity index (χ0) is 17.3. The van der Waals surface area contributed by atoms with E-state index in [4.69, 9.17) is 14.2 Å². The molecule has 6 atom stereocenters. The van der Waals surface area contributed by atoms with Gasteiger partial charge in [0, 0.05) is 13.2 Å². The fraction of sp³-hybridized carbons (Fsp3) is 0.722. The third kappa shape index (κ3) is 4.43. The predicted molar refractivity (Wildman–Crippen MR) is 86.9 cm³/mol. The third-order valence-electron chi connectivity index (χ3n) is 4.95. The number of aliphatic hydroxyl groups is 1. The number of epoxide rings is 1. The Morgan fingerprint density at radius 3 is 2.61 bits per heavy atom. The van der Waals surface area contributed by atoms with E-state index in [1.807, 2.05) is 13.8 Å². The summed E-state index contributed by atoms with van der Waals surface area (Å²) in [4.78, 5) is 11.8. The highest BCUT2D eigenvalue weighted by Gasteiger charge is 2.57. The van der Waals surface area contributed by atoms with Crippen LogP contribution in [0.5, 0.6) is 0 Å². The molecule has 2 aliphatic rings. The Morgan fingerprint density at radius 1 is 1.26 bits per heavy atom. The van der Waals surface area contributed by atoms with Gasteiger partial charge in [-0.05, 0) is 45.6 Å². The van der Waals surface area contributed by atoms with Gasteiger partial charge in [0.1, 0.15) is 17.8 Å². The lowest BCUT2D eigenvalue weighted by atomic mass is 9.91. The van der Waals surface area contributed by atoms with Crippen LogP contribution >= 0.6 is 0 Å². The molecule has 0 aromatic carbocycles. The topological polar surface area (TPSA) is 68.3 Å². The SMILES string of the molecule is COC1C=CC(C)(O)C=CC(=O)OC(C)C(C)CCC2OC12C. The molecule has 2 aliphatic heterocycles. The summed E-state index contributed by atoms with van der Waals surface area (Å²) in [6, 6.07) is 0. The van der Waals surface area contributed by atoms with Crippen molar-refractivity contribution >= 4 is 5.97 Å². The van der Waals surface area contributed by atoms with Crippen molar-refractivity contribution in [2.45, 2.75) is 70.1 Å². The number of methoxy groups -OCH3 is 1. The van der Waals surface area contributed by atoms with Crippen LogP contribution in [0.15, 0.2) is 24.3 Å². The summed E-state index contributed by atoms with van der Waals surface area (Å²) < 4.78 is 16.8. The summed E-state index contributed by atoms with van der Waals surface area (Å²) in [5, 5.41) is 10.3. The maximum Gasteiger partial charge on any atom is 0.330 e. The van der Waals surface area contributed by atoms with Gasteiger partial charge in [0.2, 0.25) is 0 Å². The predicted octanol–water partition coefficient (Wildman–Crippen LogP) is 2.38. The van der Waals surface area contributed by atoms with Gasteiger partial charge >= 0.3 is 5.97 Å². The van der Waals surface area contributed by atoms with Crippen LogP contribution in [0.25, 0.3) is 0 Å². The molecule has 0 aliphatic carbocycles. The molecule has 2 heterocycles. The molecule has 0 aromatic heterocycles. The largest absolute Gasteiger partial charge is 0.459 e. The van der Waals surface area contributed by atoms with E-state index in [0.717, 1.165) is 12.8 Å². The number of fused-ring (bicyclic) bond motifs is 1. The lowest BCUT2D eigenvalue weighted by Crippen LogP contribution is -2.31. The molecule has 0 amide bonds. The maximum atomic E-state index is 11.8. The number of carbonyl (C=O) groups excluding carboxylic acids is 1. The first kappa shape index (κ1) is 18.2. The first-order valence-corrected chi connectivity index (χ1v) is 8.20. The standard InChI is InChI=1S/C18H28O5/c1-12-6-7-15-18(4,23-15)14(21-5)8-10-17(3,20)11-9-16(19)22-13(12)2/h8-15,20H,6-7H2,1-5H3. The summed E-state index contributed by atoms with van der Waals surface area (Å²) in [5.74, 6) is -0.202. The Morgan fingerprint density at radius 2 is 1.96 bits per heavy atom. The minimum Gasteiger partial charge on any atom is -0.459 e. The van der Waals surface area contributed by atoms with E-state index < -0.39 is 11.6 Å². The van der Waals surface area contributed by atoms with E-state index in [0.29, 0.717) is 0 Å². The van der Waals surface area contributed by atoms with Crippen LogP contribution in [0.2, 0.25) is 0 Å². The highest BCUT2D eigenvalue weighted by Crippen LogP contribution is 2.44. The zero-order valence-corrected chi connectivity index (χ0v) is 14.6. The average Bonchev–Trinajstić information content (AvgIpc) is 3.14. The van der Waals surface area contributed by atoms with Gasteiger partial charge in [-0.3, -0.25) is 0 Å². The summed E-state index contributed by atoms with van der Waals surface area (Å²) in [6.45, 7) is 7.59. The van der Waals surface area contributed by atoms with Gasteiger partial charge in [-0.25, -0.2) is 4.79 Å². The van der Waals surface area contributed by atoms with Crippen LogP contribution < -0.4 is 0 Å². The van der Waals surface area contributed by atoms with Crippen molar-refractivity contribution in [2.75, 3.05) is 7.11 Å². The van der Waals surface area contributed by atoms with Crippen LogP contribution in [0.3, 0.4) is 0 Å². The van der Waals surface area contributed by atoms with Crippen LogP contribution in [-0.2, 0) is 19.0 Å². The van der Waals surface area contributed by atoms with Crippen molar-refractivity contribution in [3.05, 3.63) is 24.3 Å². The minimum atomic E-state index is -1.25. The Hall–Kier alpha value is -1.17. The van der Waals surface area contributed by atoms with Crippen LogP contribution in [0, 0.1) is 5.92 Å². The van der Waals surface area contributed by atoms with E-state index >= 15 is 0 Å². The minimum absolute atomic E-state index is 0.117. The average molecular weight is 324 g/mol. The molecule has 1 fully saturated rings. The number of carbonyl (C=O) groups is 1. The monoisotopic (exact) mass is 324 g/mol. The fourth-order valence-corrected chi connectivity index (χ4v) is 2.93. The quantitative estimate of drug-likeness (QED) is 0.456. The Labute approximate surface area is 138 Å². The van der Waals surface area contributed by atoms with Crippen molar-refractivity contribution in [3.63, 3.8) is 0 Å². The first-order valence-electron chi connectivity index (χ1n) is 8.20. The number of rotatable bonds is 1. The molecule has 23 heavy (non-hydrogen) atoms. The fourth-order valence-electron chi connectivity index (χ4n) is 2.93. The van der Waals surface area contributed by atoms with Crippen molar-refractivity contribution in [1.82, 2.24) is 0 Å². The van der Waals surface area contributed by atoms with Crippen LogP contribution in [0.1, 0.15) is 40.5 Å². The molecule has 1 N–H and O–H groups in total. The Bertz CT molecular complexity index is 496. The van der Waals surface area contributed by atoms with Gasteiger partial charge in [0.15, 0.2) is 0 Å². The zero-order valence-electron chi connectivity index (χ0n) is 14.6. The Balaban J connectivity index is 2.23. The molecule has 1 saturated heterocycles. The van der Waals surface area contributed by atoms with Crippen LogP contribution in [-0.4, -0.2) is 47.7 Å². The first-order chi connectivity index (χ1) is 10.7. The van der Waals surface area contributed by atoms with E-state index in [2.05, 4.69) is 6.92 Å². The van der Waals surface area contributed by atoms with Gasteiger partial charge in [0.05, 0.1) is 11.7 Å². The van der Waals surface area contributed by atoms with E-state index in [1.165, 1.54) is 12.2 Å². The number of cyclic esters (lactones) is 1. The van der Waals surface area contributed by atoms with E-state index in [9.17, 15) is 9.90 Å². The van der Waals surface area contributed by atoms with Crippen molar-refractivity contribution in [3.8, 4) is 0 Å². The number of ether oxygens (including phenoxy) is 3. The molecule has 5 heteroatoms. The van der Waals surface area contributed by atoms with Gasteiger partial charge < -0.3 is 19.3 Å². The number of hydrogen-bond acceptors (Lipinski definition) is 5. The molecule has 5 nitrogen and oxygen atoms in total. The van der Waals surface area contributed by atoms with Gasteiger partial charge in [-0.15, -0.1) is 0 Å².